The highest BCUT2D eigenvalue weighted by molar-refractivity contribution is 7.91. The Morgan fingerprint density at radius 2 is 1.04 bits per heavy atom. The van der Waals surface area contributed by atoms with Crippen LogP contribution in [0.2, 0.25) is 0 Å². The van der Waals surface area contributed by atoms with Crippen molar-refractivity contribution in [3.63, 3.8) is 0 Å². The van der Waals surface area contributed by atoms with E-state index in [4.69, 9.17) is 9.47 Å². The van der Waals surface area contributed by atoms with Crippen LogP contribution < -0.4 is 20.1 Å². The Balaban J connectivity index is 0.731. The van der Waals surface area contributed by atoms with E-state index in [1.54, 1.807) is 85.7 Å². The second-order valence-corrected chi connectivity index (χ2v) is 21.6. The fraction of sp³-hybridized carbons (Fsp3) is 0.226. The second kappa shape index (κ2) is 27.3. The first-order chi connectivity index (χ1) is 36.9. The van der Waals surface area contributed by atoms with E-state index < -0.39 is 22.4 Å². The summed E-state index contributed by atoms with van der Waals surface area (Å²) in [7, 11) is 0. The van der Waals surface area contributed by atoms with Gasteiger partial charge in [0.2, 0.25) is 11.8 Å². The predicted octanol–water partition coefficient (Wildman–Crippen LogP) is 13.2. The van der Waals surface area contributed by atoms with Crippen LogP contribution in [-0.2, 0) is 56.5 Å². The molecule has 1 unspecified atom stereocenters. The molecule has 2 N–H and O–H groups in total. The third-order valence-corrected chi connectivity index (χ3v) is 15.1. The van der Waals surface area contributed by atoms with E-state index >= 15 is 0 Å². The number of hydrogen-bond acceptors (Lipinski definition) is 8. The molecule has 0 aliphatic rings. The van der Waals surface area contributed by atoms with Gasteiger partial charge >= 0.3 is 0 Å². The molecule has 0 bridgehead atoms. The molecule has 2 heterocycles. The van der Waals surface area contributed by atoms with Crippen molar-refractivity contribution in [1.82, 2.24) is 19.1 Å². The number of anilines is 2. The van der Waals surface area contributed by atoms with Crippen LogP contribution in [0.3, 0.4) is 0 Å². The average molecular weight is 1050 g/mol. The van der Waals surface area contributed by atoms with Gasteiger partial charge in [0.25, 0.3) is 0 Å². The summed E-state index contributed by atoms with van der Waals surface area (Å²) in [4.78, 5) is 35.6. The molecule has 76 heavy (non-hydrogen) atoms. The molecule has 6 aromatic carbocycles. The number of aromatic nitrogens is 4. The summed E-state index contributed by atoms with van der Waals surface area (Å²) in [5, 5.41) is 5.79. The van der Waals surface area contributed by atoms with Crippen LogP contribution >= 0.6 is 0 Å². The van der Waals surface area contributed by atoms with E-state index in [9.17, 15) is 18.7 Å². The molecule has 14 heteroatoms. The van der Waals surface area contributed by atoms with Crippen LogP contribution in [0.1, 0.15) is 75.9 Å². The van der Waals surface area contributed by atoms with Gasteiger partial charge in [-0.1, -0.05) is 67.6 Å². The van der Waals surface area contributed by atoms with E-state index in [1.807, 2.05) is 115 Å². The predicted molar refractivity (Wildman–Crippen MR) is 307 cm³/mol. The van der Waals surface area contributed by atoms with Crippen LogP contribution in [-0.4, -0.2) is 52.2 Å². The molecule has 8 aromatic rings. The summed E-state index contributed by atoms with van der Waals surface area (Å²) in [5.74, 6) is 1.81. The third kappa shape index (κ3) is 16.2. The molecule has 3 atom stereocenters. The summed E-state index contributed by atoms with van der Waals surface area (Å²) in [6.45, 7) is 9.77. The first-order valence-electron chi connectivity index (χ1n) is 25.6. The number of nitrogens with zero attached hydrogens (tertiary/aromatic N) is 4. The zero-order valence-electron chi connectivity index (χ0n) is 43.3. The molecule has 0 saturated carbocycles. The Bertz CT molecular complexity index is 3190. The van der Waals surface area contributed by atoms with E-state index in [0.29, 0.717) is 32.7 Å². The van der Waals surface area contributed by atoms with Crippen molar-refractivity contribution >= 4 is 57.7 Å². The lowest BCUT2D eigenvalue weighted by Crippen LogP contribution is -2.13. The van der Waals surface area contributed by atoms with Gasteiger partial charge in [0.15, 0.2) is 21.3 Å². The lowest BCUT2D eigenvalue weighted by atomic mass is 10.0. The quantitative estimate of drug-likeness (QED) is 0.0325. The van der Waals surface area contributed by atoms with Crippen molar-refractivity contribution in [1.29, 1.82) is 0 Å². The summed E-state index contributed by atoms with van der Waals surface area (Å²) in [6, 6.07) is 46.2. The number of imidazole rings is 2. The number of carbonyl (C=O) groups excluding carboxylic acids is 2. The van der Waals surface area contributed by atoms with Gasteiger partial charge in [-0.15, -0.1) is 0 Å². The molecule has 2 amide bonds. The minimum absolute atomic E-state index is 0.00891. The van der Waals surface area contributed by atoms with Gasteiger partial charge in [0, 0.05) is 36.6 Å². The van der Waals surface area contributed by atoms with Crippen LogP contribution in [0, 0.1) is 0 Å². The molecule has 2 aromatic heterocycles. The maximum Gasteiger partial charge on any atom is 0.248 e. The topological polar surface area (TPSA) is 158 Å². The lowest BCUT2D eigenvalue weighted by Gasteiger charge is -2.16. The summed E-state index contributed by atoms with van der Waals surface area (Å²) >= 11 is -2.53. The van der Waals surface area contributed by atoms with Crippen molar-refractivity contribution in [2.24, 2.45) is 0 Å². The smallest absolute Gasteiger partial charge is 0.248 e. The monoisotopic (exact) mass is 1050 g/mol. The van der Waals surface area contributed by atoms with Gasteiger partial charge in [-0.25, -0.2) is 9.97 Å². The number of ether oxygens (including phenoxy) is 2. The Morgan fingerprint density at radius 1 is 0.579 bits per heavy atom. The highest BCUT2D eigenvalue weighted by atomic mass is 32.2. The number of benzene rings is 6. The Kier molecular flexibility index (Phi) is 19.6. The number of amides is 2. The van der Waals surface area contributed by atoms with Crippen molar-refractivity contribution < 1.29 is 28.2 Å². The van der Waals surface area contributed by atoms with Crippen LogP contribution in [0.4, 0.5) is 11.4 Å². The fourth-order valence-corrected chi connectivity index (χ4v) is 10.7. The molecule has 0 aliphatic heterocycles. The molecule has 8 rings (SSSR count). The van der Waals surface area contributed by atoms with Crippen molar-refractivity contribution in [2.75, 3.05) is 10.6 Å². The highest BCUT2D eigenvalue weighted by Crippen LogP contribution is 2.28. The number of rotatable bonds is 25. The Labute approximate surface area is 452 Å². The normalized spacial score (nSPS) is 12.7. The van der Waals surface area contributed by atoms with Crippen molar-refractivity contribution in [3.05, 3.63) is 205 Å². The zero-order chi connectivity index (χ0) is 53.2. The second-order valence-electron chi connectivity index (χ2n) is 18.7. The van der Waals surface area contributed by atoms with E-state index in [-0.39, 0.29) is 24.0 Å². The molecule has 0 spiro atoms. The van der Waals surface area contributed by atoms with Crippen molar-refractivity contribution in [3.8, 4) is 33.8 Å². The molecule has 12 nitrogen and oxygen atoms in total. The zero-order valence-corrected chi connectivity index (χ0v) is 45.0. The van der Waals surface area contributed by atoms with Gasteiger partial charge in [0.1, 0.15) is 11.5 Å². The van der Waals surface area contributed by atoms with Gasteiger partial charge < -0.3 is 38.3 Å². The molecule has 0 radical (unpaired) electrons. The van der Waals surface area contributed by atoms with Gasteiger partial charge in [-0.05, 0) is 199 Å². The third-order valence-electron chi connectivity index (χ3n) is 12.4. The SMILES string of the molecule is CCCn1cncc1C[S@@+]([O-])c1ccc(NC(=O)/C=C/c2cccc(-c3ccc(OC(C)CCCCn4cncc4C[S@+]([O-])c4ccc(NC(=O)/C=C/c5cccc(-c6ccc(OC(C)C)cc6)c5)cc4)cc3)c2)cc1. The van der Waals surface area contributed by atoms with Gasteiger partial charge in [-0.2, -0.15) is 0 Å². The Hall–Kier alpha value is -7.62. The van der Waals surface area contributed by atoms with E-state index in [0.717, 1.165) is 95.0 Å². The summed E-state index contributed by atoms with van der Waals surface area (Å²) in [6.07, 6.45) is 17.5. The number of carbonyl (C=O) groups is 2. The minimum atomic E-state index is -1.30. The number of aryl methyl sites for hydroxylation is 2. The largest absolute Gasteiger partial charge is 0.611 e. The van der Waals surface area contributed by atoms with Crippen LogP contribution in [0.25, 0.3) is 34.4 Å². The number of unbranched alkanes of at least 4 members (excludes halogenated alkanes) is 1. The highest BCUT2D eigenvalue weighted by Gasteiger charge is 2.18. The summed E-state index contributed by atoms with van der Waals surface area (Å²) in [5.41, 5.74) is 9.01. The van der Waals surface area contributed by atoms with Crippen LogP contribution in [0.5, 0.6) is 11.5 Å². The number of hydrogen-bond donors (Lipinski definition) is 2. The fourth-order valence-electron chi connectivity index (χ4n) is 8.48. The standard InChI is InChI=1S/C62H64N6O6S2/c1-5-35-67-43-63-39-55(67)41-75(71)59-29-21-53(22-30-59)65-62(70)34-16-48-12-9-14-52(38-48)50-19-27-58(28-20-50)74-46(4)10-6-7-36-68-44-64-40-56(68)42-76(72)60-31-23-54(24-32-60)66-61(69)33-15-47-11-8-13-51(37-47)49-17-25-57(26-18-49)73-45(2)3/h8-9,11-34,37-40,43-46H,5-7,10,35-36,41-42H2,1-4H3,(H,65,70)(H,66,69)/b33-15+,34-16+/t46?,75-,76+/m1/s1. The molecule has 0 aliphatic carbocycles. The minimum Gasteiger partial charge on any atom is -0.611 e. The first kappa shape index (κ1) is 54.6. The van der Waals surface area contributed by atoms with Crippen molar-refractivity contribution in [2.45, 2.75) is 100.0 Å². The lowest BCUT2D eigenvalue weighted by molar-refractivity contribution is -0.112. The molecular weight excluding hydrogens is 989 g/mol. The average Bonchev–Trinajstić information content (AvgIpc) is 4.07. The van der Waals surface area contributed by atoms with E-state index in [1.165, 1.54) is 12.2 Å². The molecule has 0 saturated heterocycles. The molecule has 0 fully saturated rings. The number of nitrogens with one attached hydrogen (secondary N) is 2. The Morgan fingerprint density at radius 3 is 1.50 bits per heavy atom. The maximum atomic E-state index is 13.4. The van der Waals surface area contributed by atoms with Crippen LogP contribution in [0.15, 0.2) is 193 Å². The van der Waals surface area contributed by atoms with Gasteiger partial charge in [-0.3, -0.25) is 9.59 Å². The summed E-state index contributed by atoms with van der Waals surface area (Å²) < 4.78 is 42.6. The van der Waals surface area contributed by atoms with Gasteiger partial charge in [0.05, 0.1) is 48.6 Å². The van der Waals surface area contributed by atoms with E-state index in [2.05, 4.69) is 39.0 Å². The molecular formula is C62H64N6O6S2. The molecule has 390 valence electrons. The maximum absolute atomic E-state index is 13.4. The first-order valence-corrected chi connectivity index (χ1v) is 28.3.